The maximum absolute atomic E-state index is 4.63. The number of aryl methyl sites for hydroxylation is 2. The number of aromatic amines is 1. The normalized spacial score (nSPS) is 10.6. The summed E-state index contributed by atoms with van der Waals surface area (Å²) < 4.78 is 0. The lowest BCUT2D eigenvalue weighted by atomic mass is 10.1. The van der Waals surface area contributed by atoms with E-state index in [1.54, 1.807) is 6.20 Å². The summed E-state index contributed by atoms with van der Waals surface area (Å²) in [6.45, 7) is 4.11. The molecule has 0 aliphatic carbocycles. The van der Waals surface area contributed by atoms with Crippen LogP contribution in [-0.2, 0) is 0 Å². The summed E-state index contributed by atoms with van der Waals surface area (Å²) in [7, 11) is 0. The molecule has 3 heteroatoms. The average molecular weight is 249 g/mol. The molecule has 3 rings (SSSR count). The molecular formula is C16H15N3. The van der Waals surface area contributed by atoms with Gasteiger partial charge in [0.2, 0.25) is 0 Å². The van der Waals surface area contributed by atoms with E-state index in [9.17, 15) is 0 Å². The second-order valence-corrected chi connectivity index (χ2v) is 4.60. The Labute approximate surface area is 112 Å². The fourth-order valence-corrected chi connectivity index (χ4v) is 2.22. The van der Waals surface area contributed by atoms with Gasteiger partial charge in [-0.05, 0) is 31.5 Å². The van der Waals surface area contributed by atoms with Crippen molar-refractivity contribution < 1.29 is 0 Å². The van der Waals surface area contributed by atoms with Crippen molar-refractivity contribution in [1.82, 2.24) is 15.0 Å². The Balaban J connectivity index is 2.10. The van der Waals surface area contributed by atoms with Crippen LogP contribution in [0.25, 0.3) is 22.6 Å². The number of pyridine rings is 1. The number of rotatable bonds is 2. The Hall–Kier alpha value is -2.42. The standard InChI is InChI=1S/C16H15N3/c1-11-6-3-4-8-14(11)16-18-12(2)15(19-16)13-7-5-9-17-10-13/h3-10H,1-2H3,(H,18,19). The number of aromatic nitrogens is 3. The van der Waals surface area contributed by atoms with Crippen molar-refractivity contribution in [2.75, 3.05) is 0 Å². The summed E-state index contributed by atoms with van der Waals surface area (Å²) in [5, 5.41) is 0. The van der Waals surface area contributed by atoms with Crippen LogP contribution in [0.4, 0.5) is 0 Å². The van der Waals surface area contributed by atoms with Crippen LogP contribution < -0.4 is 0 Å². The Kier molecular flexibility index (Phi) is 2.88. The minimum Gasteiger partial charge on any atom is -0.338 e. The van der Waals surface area contributed by atoms with Crippen LogP contribution in [-0.4, -0.2) is 15.0 Å². The van der Waals surface area contributed by atoms with Crippen molar-refractivity contribution >= 4 is 0 Å². The average Bonchev–Trinajstić information content (AvgIpc) is 2.82. The first kappa shape index (κ1) is 11.7. The zero-order valence-electron chi connectivity index (χ0n) is 11.0. The fraction of sp³-hybridized carbons (Fsp3) is 0.125. The van der Waals surface area contributed by atoms with Crippen LogP contribution in [0.15, 0.2) is 48.8 Å². The zero-order valence-corrected chi connectivity index (χ0v) is 11.0. The van der Waals surface area contributed by atoms with Crippen LogP contribution >= 0.6 is 0 Å². The summed E-state index contributed by atoms with van der Waals surface area (Å²) in [6.07, 6.45) is 3.62. The third-order valence-electron chi connectivity index (χ3n) is 3.24. The number of imidazole rings is 1. The maximum atomic E-state index is 4.63. The lowest BCUT2D eigenvalue weighted by Crippen LogP contribution is -1.85. The molecule has 0 spiro atoms. The predicted octanol–water partition coefficient (Wildman–Crippen LogP) is 3.76. The van der Waals surface area contributed by atoms with Crippen LogP contribution in [0.1, 0.15) is 11.3 Å². The molecular weight excluding hydrogens is 234 g/mol. The minimum atomic E-state index is 0.912. The van der Waals surface area contributed by atoms with Crippen LogP contribution in [0.3, 0.4) is 0 Å². The third kappa shape index (κ3) is 2.15. The van der Waals surface area contributed by atoms with E-state index in [2.05, 4.69) is 34.0 Å². The highest BCUT2D eigenvalue weighted by atomic mass is 14.9. The van der Waals surface area contributed by atoms with E-state index in [4.69, 9.17) is 0 Å². The third-order valence-corrected chi connectivity index (χ3v) is 3.24. The van der Waals surface area contributed by atoms with Crippen molar-refractivity contribution in [2.24, 2.45) is 0 Å². The van der Waals surface area contributed by atoms with E-state index >= 15 is 0 Å². The second-order valence-electron chi connectivity index (χ2n) is 4.60. The van der Waals surface area contributed by atoms with E-state index in [1.807, 2.05) is 37.4 Å². The van der Waals surface area contributed by atoms with Gasteiger partial charge in [0.1, 0.15) is 5.82 Å². The number of nitrogens with zero attached hydrogens (tertiary/aromatic N) is 2. The molecule has 0 amide bonds. The number of H-pyrrole nitrogens is 1. The van der Waals surface area contributed by atoms with Gasteiger partial charge >= 0.3 is 0 Å². The van der Waals surface area contributed by atoms with E-state index < -0.39 is 0 Å². The van der Waals surface area contributed by atoms with Crippen molar-refractivity contribution in [1.29, 1.82) is 0 Å². The largest absolute Gasteiger partial charge is 0.338 e. The highest BCUT2D eigenvalue weighted by Crippen LogP contribution is 2.26. The van der Waals surface area contributed by atoms with Gasteiger partial charge in [-0.2, -0.15) is 0 Å². The lowest BCUT2D eigenvalue weighted by Gasteiger charge is -2.01. The molecule has 2 aromatic heterocycles. The molecule has 0 fully saturated rings. The van der Waals surface area contributed by atoms with Gasteiger partial charge in [-0.3, -0.25) is 4.98 Å². The summed E-state index contributed by atoms with van der Waals surface area (Å²) in [4.78, 5) is 12.2. The van der Waals surface area contributed by atoms with Crippen LogP contribution in [0, 0.1) is 13.8 Å². The number of hydrogen-bond donors (Lipinski definition) is 1. The van der Waals surface area contributed by atoms with Gasteiger partial charge in [-0.25, -0.2) is 4.98 Å². The molecule has 0 saturated carbocycles. The Morgan fingerprint density at radius 3 is 2.58 bits per heavy atom. The van der Waals surface area contributed by atoms with Crippen LogP contribution in [0.5, 0.6) is 0 Å². The molecule has 3 aromatic rings. The van der Waals surface area contributed by atoms with Gasteiger partial charge in [0.15, 0.2) is 0 Å². The van der Waals surface area contributed by atoms with Gasteiger partial charge in [0.25, 0.3) is 0 Å². The van der Waals surface area contributed by atoms with Gasteiger partial charge < -0.3 is 4.98 Å². The number of nitrogens with one attached hydrogen (secondary N) is 1. The maximum Gasteiger partial charge on any atom is 0.138 e. The first-order valence-electron chi connectivity index (χ1n) is 6.28. The molecule has 1 N–H and O–H groups in total. The molecule has 3 nitrogen and oxygen atoms in total. The minimum absolute atomic E-state index is 0.912. The SMILES string of the molecule is Cc1ccccc1-c1nc(C)c(-c2cccnc2)[nH]1. The first-order chi connectivity index (χ1) is 9.25. The second kappa shape index (κ2) is 4.69. The lowest BCUT2D eigenvalue weighted by molar-refractivity contribution is 1.24. The van der Waals surface area contributed by atoms with Crippen molar-refractivity contribution in [3.8, 4) is 22.6 Å². The number of benzene rings is 1. The van der Waals surface area contributed by atoms with Crippen molar-refractivity contribution in [3.63, 3.8) is 0 Å². The Morgan fingerprint density at radius 1 is 1.00 bits per heavy atom. The molecule has 0 aliphatic rings. The van der Waals surface area contributed by atoms with E-state index in [0.717, 1.165) is 28.3 Å². The van der Waals surface area contributed by atoms with Gasteiger partial charge in [-0.15, -0.1) is 0 Å². The quantitative estimate of drug-likeness (QED) is 0.751. The van der Waals surface area contributed by atoms with Crippen molar-refractivity contribution in [2.45, 2.75) is 13.8 Å². The topological polar surface area (TPSA) is 41.6 Å². The summed E-state index contributed by atoms with van der Waals surface area (Å²) in [6, 6.07) is 12.2. The summed E-state index contributed by atoms with van der Waals surface area (Å²) >= 11 is 0. The molecule has 0 aliphatic heterocycles. The molecule has 1 aromatic carbocycles. The van der Waals surface area contributed by atoms with Crippen LogP contribution in [0.2, 0.25) is 0 Å². The van der Waals surface area contributed by atoms with Gasteiger partial charge in [0.05, 0.1) is 11.4 Å². The van der Waals surface area contributed by atoms with E-state index in [-0.39, 0.29) is 0 Å². The van der Waals surface area contributed by atoms with Gasteiger partial charge in [0, 0.05) is 23.5 Å². The molecule has 0 unspecified atom stereocenters. The van der Waals surface area contributed by atoms with Gasteiger partial charge in [-0.1, -0.05) is 24.3 Å². The monoisotopic (exact) mass is 249 g/mol. The number of hydrogen-bond acceptors (Lipinski definition) is 2. The predicted molar refractivity (Wildman–Crippen MR) is 76.7 cm³/mol. The van der Waals surface area contributed by atoms with Crippen molar-refractivity contribution in [3.05, 3.63) is 60.0 Å². The molecule has 0 radical (unpaired) electrons. The molecule has 2 heterocycles. The first-order valence-corrected chi connectivity index (χ1v) is 6.28. The molecule has 19 heavy (non-hydrogen) atoms. The summed E-state index contributed by atoms with van der Waals surface area (Å²) in [5.74, 6) is 0.912. The smallest absolute Gasteiger partial charge is 0.138 e. The highest BCUT2D eigenvalue weighted by Gasteiger charge is 2.11. The molecule has 0 atom stereocenters. The Morgan fingerprint density at radius 2 is 1.84 bits per heavy atom. The molecule has 94 valence electrons. The fourth-order valence-electron chi connectivity index (χ4n) is 2.22. The summed E-state index contributed by atoms with van der Waals surface area (Å²) in [5.41, 5.74) is 5.44. The zero-order chi connectivity index (χ0) is 13.2. The molecule has 0 bridgehead atoms. The molecule has 0 saturated heterocycles. The van der Waals surface area contributed by atoms with E-state index in [0.29, 0.717) is 0 Å². The van der Waals surface area contributed by atoms with E-state index in [1.165, 1.54) is 5.56 Å². The highest BCUT2D eigenvalue weighted by molar-refractivity contribution is 5.68. The Bertz CT molecular complexity index is 699.